The molecule has 1 aromatic heterocycles. The first-order chi connectivity index (χ1) is 9.29. The number of carbonyl (C=O) groups excluding carboxylic acids is 1. The summed E-state index contributed by atoms with van der Waals surface area (Å²) < 4.78 is 47.8. The van der Waals surface area contributed by atoms with E-state index in [0.29, 0.717) is 0 Å². The fraction of sp³-hybridized carbons (Fsp3) is 0.231. The fourth-order valence-corrected chi connectivity index (χ4v) is 1.65. The number of rotatable bonds is 2. The summed E-state index contributed by atoms with van der Waals surface area (Å²) in [6, 6.07) is 4.55. The number of halogens is 3. The van der Waals surface area contributed by atoms with Crippen molar-refractivity contribution in [1.82, 2.24) is 5.16 Å². The van der Waals surface area contributed by atoms with Gasteiger partial charge in [0, 0.05) is 19.4 Å². The Bertz CT molecular complexity index is 647. The van der Waals surface area contributed by atoms with Gasteiger partial charge in [0.1, 0.15) is 0 Å². The molecule has 20 heavy (non-hydrogen) atoms. The number of alkyl halides is 3. The van der Waals surface area contributed by atoms with E-state index in [4.69, 9.17) is 9.26 Å². The number of esters is 1. The van der Waals surface area contributed by atoms with Crippen LogP contribution in [0.2, 0.25) is 0 Å². The molecule has 0 amide bonds. The molecule has 0 fully saturated rings. The molecule has 0 spiro atoms. The summed E-state index contributed by atoms with van der Waals surface area (Å²) in [7, 11) is 0. The minimum absolute atomic E-state index is 0.0248. The minimum atomic E-state index is -4.46. The second-order valence-electron chi connectivity index (χ2n) is 4.09. The zero-order chi connectivity index (χ0) is 14.9. The standard InChI is InChI=1S/C13H10F3NO3/c1-7-12(19-8(2)18)11(17-20-7)9-4-3-5-10(6-9)13(14,15)16/h3-6H,1-2H3. The van der Waals surface area contributed by atoms with Gasteiger partial charge >= 0.3 is 12.1 Å². The normalized spacial score (nSPS) is 11.4. The summed E-state index contributed by atoms with van der Waals surface area (Å²) in [5.41, 5.74) is -0.596. The number of aromatic nitrogens is 1. The van der Waals surface area contributed by atoms with E-state index >= 15 is 0 Å². The van der Waals surface area contributed by atoms with Crippen LogP contribution in [0.1, 0.15) is 18.2 Å². The molecule has 2 aromatic rings. The van der Waals surface area contributed by atoms with Crippen LogP contribution in [-0.4, -0.2) is 11.1 Å². The van der Waals surface area contributed by atoms with Gasteiger partial charge in [0.25, 0.3) is 0 Å². The van der Waals surface area contributed by atoms with Gasteiger partial charge in [-0.3, -0.25) is 4.79 Å². The molecule has 7 heteroatoms. The van der Waals surface area contributed by atoms with Crippen LogP contribution in [0, 0.1) is 6.92 Å². The number of nitrogens with zero attached hydrogens (tertiary/aromatic N) is 1. The molecule has 0 aliphatic rings. The van der Waals surface area contributed by atoms with Gasteiger partial charge in [0.15, 0.2) is 11.5 Å². The fourth-order valence-electron chi connectivity index (χ4n) is 1.65. The molecule has 1 aromatic carbocycles. The number of aryl methyl sites for hydroxylation is 1. The van der Waals surface area contributed by atoms with Gasteiger partial charge in [-0.05, 0) is 12.1 Å². The molecule has 0 radical (unpaired) electrons. The molecular weight excluding hydrogens is 275 g/mol. The molecule has 0 bridgehead atoms. The van der Waals surface area contributed by atoms with Crippen molar-refractivity contribution in [3.05, 3.63) is 35.6 Å². The number of hydrogen-bond donors (Lipinski definition) is 0. The van der Waals surface area contributed by atoms with Crippen molar-refractivity contribution in [1.29, 1.82) is 0 Å². The Morgan fingerprint density at radius 3 is 2.65 bits per heavy atom. The molecule has 4 nitrogen and oxygen atoms in total. The van der Waals surface area contributed by atoms with Gasteiger partial charge in [-0.2, -0.15) is 13.2 Å². The average Bonchev–Trinajstić information content (AvgIpc) is 2.70. The Morgan fingerprint density at radius 2 is 2.05 bits per heavy atom. The van der Waals surface area contributed by atoms with E-state index in [1.165, 1.54) is 26.0 Å². The summed E-state index contributed by atoms with van der Waals surface area (Å²) in [4.78, 5) is 11.0. The van der Waals surface area contributed by atoms with E-state index in [9.17, 15) is 18.0 Å². The zero-order valence-corrected chi connectivity index (χ0v) is 10.6. The van der Waals surface area contributed by atoms with Crippen LogP contribution in [0.4, 0.5) is 13.2 Å². The summed E-state index contributed by atoms with van der Waals surface area (Å²) in [5, 5.41) is 3.64. The molecule has 0 atom stereocenters. The van der Waals surface area contributed by atoms with E-state index in [1.807, 2.05) is 0 Å². The third-order valence-electron chi connectivity index (χ3n) is 2.52. The third kappa shape index (κ3) is 2.81. The van der Waals surface area contributed by atoms with Gasteiger partial charge in [-0.1, -0.05) is 17.3 Å². The maximum absolute atomic E-state index is 12.7. The Kier molecular flexibility index (Phi) is 3.52. The van der Waals surface area contributed by atoms with E-state index in [2.05, 4.69) is 5.16 Å². The first-order valence-corrected chi connectivity index (χ1v) is 5.61. The van der Waals surface area contributed by atoms with Crippen molar-refractivity contribution in [2.24, 2.45) is 0 Å². The first kappa shape index (κ1) is 14.1. The predicted octanol–water partition coefficient (Wildman–Crippen LogP) is 3.59. The highest BCUT2D eigenvalue weighted by Gasteiger charge is 2.31. The van der Waals surface area contributed by atoms with Gasteiger partial charge < -0.3 is 9.26 Å². The van der Waals surface area contributed by atoms with Crippen LogP contribution < -0.4 is 4.74 Å². The van der Waals surface area contributed by atoms with Gasteiger partial charge in [-0.15, -0.1) is 0 Å². The van der Waals surface area contributed by atoms with Gasteiger partial charge in [0.2, 0.25) is 5.75 Å². The number of hydrogen-bond acceptors (Lipinski definition) is 4. The largest absolute Gasteiger partial charge is 0.420 e. The smallest absolute Gasteiger partial charge is 0.416 e. The lowest BCUT2D eigenvalue weighted by molar-refractivity contribution is -0.137. The molecule has 0 N–H and O–H groups in total. The Labute approximate surface area is 112 Å². The van der Waals surface area contributed by atoms with Crippen molar-refractivity contribution < 1.29 is 27.2 Å². The van der Waals surface area contributed by atoms with Gasteiger partial charge in [0.05, 0.1) is 5.56 Å². The highest BCUT2D eigenvalue weighted by Crippen LogP contribution is 2.36. The Balaban J connectivity index is 2.50. The SMILES string of the molecule is CC(=O)Oc1c(-c2cccc(C(F)(F)F)c2)noc1C. The summed E-state index contributed by atoms with van der Waals surface area (Å²) in [6.07, 6.45) is -4.46. The quantitative estimate of drug-likeness (QED) is 0.791. The lowest BCUT2D eigenvalue weighted by Crippen LogP contribution is -2.05. The topological polar surface area (TPSA) is 52.3 Å². The second kappa shape index (κ2) is 4.99. The summed E-state index contributed by atoms with van der Waals surface area (Å²) in [5.74, 6) is -0.367. The van der Waals surface area contributed by atoms with Crippen molar-refractivity contribution in [2.45, 2.75) is 20.0 Å². The van der Waals surface area contributed by atoms with Crippen LogP contribution in [0.3, 0.4) is 0 Å². The monoisotopic (exact) mass is 285 g/mol. The molecular formula is C13H10F3NO3. The van der Waals surface area contributed by atoms with E-state index in [0.717, 1.165) is 12.1 Å². The lowest BCUT2D eigenvalue weighted by atomic mass is 10.1. The lowest BCUT2D eigenvalue weighted by Gasteiger charge is -2.08. The van der Waals surface area contributed by atoms with Gasteiger partial charge in [-0.25, -0.2) is 0 Å². The van der Waals surface area contributed by atoms with Crippen molar-refractivity contribution >= 4 is 5.97 Å². The molecule has 1 heterocycles. The van der Waals surface area contributed by atoms with Crippen LogP contribution in [-0.2, 0) is 11.0 Å². The molecule has 106 valence electrons. The van der Waals surface area contributed by atoms with E-state index < -0.39 is 17.7 Å². The predicted molar refractivity (Wildman–Crippen MR) is 63.0 cm³/mol. The Morgan fingerprint density at radius 1 is 1.35 bits per heavy atom. The van der Waals surface area contributed by atoms with E-state index in [-0.39, 0.29) is 22.8 Å². The molecule has 0 unspecified atom stereocenters. The molecule has 0 aliphatic carbocycles. The van der Waals surface area contributed by atoms with Crippen LogP contribution in [0.15, 0.2) is 28.8 Å². The molecule has 0 saturated carbocycles. The second-order valence-corrected chi connectivity index (χ2v) is 4.09. The molecule has 2 rings (SSSR count). The summed E-state index contributed by atoms with van der Waals surface area (Å²) in [6.45, 7) is 2.69. The number of carbonyl (C=O) groups is 1. The number of ether oxygens (including phenoxy) is 1. The maximum Gasteiger partial charge on any atom is 0.416 e. The zero-order valence-electron chi connectivity index (χ0n) is 10.6. The van der Waals surface area contributed by atoms with Crippen molar-refractivity contribution in [3.63, 3.8) is 0 Å². The maximum atomic E-state index is 12.7. The third-order valence-corrected chi connectivity index (χ3v) is 2.52. The number of benzene rings is 1. The Hall–Kier alpha value is -2.31. The van der Waals surface area contributed by atoms with Crippen LogP contribution >= 0.6 is 0 Å². The van der Waals surface area contributed by atoms with Crippen LogP contribution in [0.25, 0.3) is 11.3 Å². The van der Waals surface area contributed by atoms with Crippen molar-refractivity contribution in [3.8, 4) is 17.0 Å². The average molecular weight is 285 g/mol. The van der Waals surface area contributed by atoms with E-state index in [1.54, 1.807) is 0 Å². The molecule has 0 saturated heterocycles. The minimum Gasteiger partial charge on any atom is -0.420 e. The highest BCUT2D eigenvalue weighted by molar-refractivity contribution is 5.75. The first-order valence-electron chi connectivity index (χ1n) is 5.61. The summed E-state index contributed by atoms with van der Waals surface area (Å²) >= 11 is 0. The van der Waals surface area contributed by atoms with Crippen LogP contribution in [0.5, 0.6) is 5.75 Å². The van der Waals surface area contributed by atoms with Crippen molar-refractivity contribution in [2.75, 3.05) is 0 Å². The molecule has 0 aliphatic heterocycles. The highest BCUT2D eigenvalue weighted by atomic mass is 19.4.